The predicted octanol–water partition coefficient (Wildman–Crippen LogP) is 3.55. The Balaban J connectivity index is 1.53. The Morgan fingerprint density at radius 3 is 2.56 bits per heavy atom. The van der Waals surface area contributed by atoms with E-state index in [2.05, 4.69) is 47.3 Å². The third kappa shape index (κ3) is 4.90. The largest absolute Gasteiger partial charge is 0.377 e. The molecule has 2 rings (SSSR count). The molecule has 1 atom stereocenters. The molecule has 0 aliphatic rings. The van der Waals surface area contributed by atoms with E-state index in [1.165, 1.54) is 9.75 Å². The fourth-order valence-corrected chi connectivity index (χ4v) is 3.05. The van der Waals surface area contributed by atoms with Crippen LogP contribution in [-0.2, 0) is 17.7 Å². The molecule has 0 amide bonds. The zero-order valence-corrected chi connectivity index (χ0v) is 12.2. The quantitative estimate of drug-likeness (QED) is 0.799. The molecule has 2 nitrogen and oxygen atoms in total. The summed E-state index contributed by atoms with van der Waals surface area (Å²) in [4.78, 5) is 2.77. The van der Waals surface area contributed by atoms with E-state index in [0.717, 1.165) is 26.1 Å². The van der Waals surface area contributed by atoms with Gasteiger partial charge in [0.25, 0.3) is 0 Å². The first kappa shape index (κ1) is 13.7. The van der Waals surface area contributed by atoms with E-state index < -0.39 is 0 Å². The molecule has 0 aliphatic heterocycles. The third-order valence-corrected chi connectivity index (χ3v) is 4.45. The summed E-state index contributed by atoms with van der Waals surface area (Å²) in [5, 5.41) is 7.64. The average molecular weight is 281 g/mol. The summed E-state index contributed by atoms with van der Waals surface area (Å²) < 4.78 is 5.78. The maximum atomic E-state index is 5.78. The van der Waals surface area contributed by atoms with Gasteiger partial charge in [-0.25, -0.2) is 0 Å². The van der Waals surface area contributed by atoms with Crippen molar-refractivity contribution in [1.29, 1.82) is 0 Å². The van der Waals surface area contributed by atoms with E-state index in [-0.39, 0.29) is 6.10 Å². The maximum Gasteiger partial charge on any atom is 0.0671 e. The zero-order valence-electron chi connectivity index (χ0n) is 10.6. The number of nitrogens with one attached hydrogen (secondary N) is 1. The standard InChI is InChI=1S/C14H19NOS2/c1-12(10-15-11-14-5-3-9-18-14)16-7-6-13-4-2-8-17-13/h2-5,8-9,12,15H,6-7,10-11H2,1H3. The lowest BCUT2D eigenvalue weighted by Crippen LogP contribution is -2.26. The summed E-state index contributed by atoms with van der Waals surface area (Å²) >= 11 is 3.59. The topological polar surface area (TPSA) is 21.3 Å². The minimum atomic E-state index is 0.268. The molecule has 0 spiro atoms. The van der Waals surface area contributed by atoms with Gasteiger partial charge in [-0.2, -0.15) is 0 Å². The van der Waals surface area contributed by atoms with Crippen molar-refractivity contribution in [2.24, 2.45) is 0 Å². The molecule has 1 N–H and O–H groups in total. The number of rotatable bonds is 8. The highest BCUT2D eigenvalue weighted by molar-refractivity contribution is 7.10. The molecule has 98 valence electrons. The highest BCUT2D eigenvalue weighted by Crippen LogP contribution is 2.09. The Labute approximate surface area is 117 Å². The molecule has 0 bridgehead atoms. The minimum absolute atomic E-state index is 0.268. The van der Waals surface area contributed by atoms with Gasteiger partial charge in [0.1, 0.15) is 0 Å². The number of hydrogen-bond acceptors (Lipinski definition) is 4. The first-order valence-corrected chi connectivity index (χ1v) is 7.97. The van der Waals surface area contributed by atoms with Crippen molar-refractivity contribution in [3.63, 3.8) is 0 Å². The van der Waals surface area contributed by atoms with E-state index in [1.54, 1.807) is 22.7 Å². The fraction of sp³-hybridized carbons (Fsp3) is 0.429. The van der Waals surface area contributed by atoms with Crippen LogP contribution in [0.15, 0.2) is 35.0 Å². The van der Waals surface area contributed by atoms with Crippen molar-refractivity contribution in [1.82, 2.24) is 5.32 Å². The van der Waals surface area contributed by atoms with Crippen LogP contribution in [0, 0.1) is 0 Å². The second kappa shape index (κ2) is 7.69. The lowest BCUT2D eigenvalue weighted by Gasteiger charge is -2.13. The van der Waals surface area contributed by atoms with Gasteiger partial charge in [0.15, 0.2) is 0 Å². The van der Waals surface area contributed by atoms with Gasteiger partial charge < -0.3 is 10.1 Å². The first-order valence-electron chi connectivity index (χ1n) is 6.21. The predicted molar refractivity (Wildman–Crippen MR) is 79.5 cm³/mol. The molecule has 2 heterocycles. The molecule has 0 saturated heterocycles. The molecule has 0 radical (unpaired) electrons. The van der Waals surface area contributed by atoms with Crippen molar-refractivity contribution < 1.29 is 4.74 Å². The summed E-state index contributed by atoms with van der Waals surface area (Å²) in [6.45, 7) is 4.77. The Bertz CT molecular complexity index is 371. The van der Waals surface area contributed by atoms with E-state index in [4.69, 9.17) is 4.74 Å². The van der Waals surface area contributed by atoms with Gasteiger partial charge in [0, 0.05) is 29.3 Å². The van der Waals surface area contributed by atoms with Crippen LogP contribution in [0.5, 0.6) is 0 Å². The molecule has 0 saturated carbocycles. The van der Waals surface area contributed by atoms with Gasteiger partial charge in [0.2, 0.25) is 0 Å². The summed E-state index contributed by atoms with van der Waals surface area (Å²) in [5.41, 5.74) is 0. The molecular formula is C14H19NOS2. The lowest BCUT2D eigenvalue weighted by atomic mass is 10.3. The van der Waals surface area contributed by atoms with E-state index in [1.807, 2.05) is 0 Å². The molecule has 0 aliphatic carbocycles. The lowest BCUT2D eigenvalue weighted by molar-refractivity contribution is 0.0684. The Kier molecular flexibility index (Phi) is 5.87. The Morgan fingerprint density at radius 1 is 1.17 bits per heavy atom. The van der Waals surface area contributed by atoms with Crippen LogP contribution in [0.4, 0.5) is 0 Å². The molecule has 2 aromatic heterocycles. The minimum Gasteiger partial charge on any atom is -0.377 e. The van der Waals surface area contributed by atoms with Crippen LogP contribution in [0.1, 0.15) is 16.7 Å². The van der Waals surface area contributed by atoms with Gasteiger partial charge in [-0.15, -0.1) is 22.7 Å². The molecule has 0 aromatic carbocycles. The van der Waals surface area contributed by atoms with E-state index in [0.29, 0.717) is 0 Å². The number of thiophene rings is 2. The number of ether oxygens (including phenoxy) is 1. The van der Waals surface area contributed by atoms with Gasteiger partial charge in [-0.05, 0) is 29.8 Å². The number of hydrogen-bond donors (Lipinski definition) is 1. The summed E-state index contributed by atoms with van der Waals surface area (Å²) in [5.74, 6) is 0. The molecular weight excluding hydrogens is 262 g/mol. The normalized spacial score (nSPS) is 12.7. The van der Waals surface area contributed by atoms with Gasteiger partial charge >= 0.3 is 0 Å². The Hall–Kier alpha value is -0.680. The van der Waals surface area contributed by atoms with Gasteiger partial charge in [-0.3, -0.25) is 0 Å². The van der Waals surface area contributed by atoms with Crippen LogP contribution < -0.4 is 5.32 Å². The van der Waals surface area contributed by atoms with Gasteiger partial charge in [-0.1, -0.05) is 12.1 Å². The smallest absolute Gasteiger partial charge is 0.0671 e. The van der Waals surface area contributed by atoms with Crippen molar-refractivity contribution >= 4 is 22.7 Å². The average Bonchev–Trinajstić information content (AvgIpc) is 3.01. The summed E-state index contributed by atoms with van der Waals surface area (Å²) in [6.07, 6.45) is 1.29. The summed E-state index contributed by atoms with van der Waals surface area (Å²) in [6, 6.07) is 8.49. The monoisotopic (exact) mass is 281 g/mol. The highest BCUT2D eigenvalue weighted by atomic mass is 32.1. The zero-order chi connectivity index (χ0) is 12.6. The van der Waals surface area contributed by atoms with Crippen molar-refractivity contribution in [3.05, 3.63) is 44.8 Å². The van der Waals surface area contributed by atoms with Crippen LogP contribution in [0.2, 0.25) is 0 Å². The maximum absolute atomic E-state index is 5.78. The van der Waals surface area contributed by atoms with Crippen LogP contribution in [0.3, 0.4) is 0 Å². The van der Waals surface area contributed by atoms with Crippen molar-refractivity contribution in [2.75, 3.05) is 13.2 Å². The van der Waals surface area contributed by atoms with Crippen LogP contribution >= 0.6 is 22.7 Å². The molecule has 0 fully saturated rings. The van der Waals surface area contributed by atoms with Crippen molar-refractivity contribution in [3.8, 4) is 0 Å². The Morgan fingerprint density at radius 2 is 1.89 bits per heavy atom. The molecule has 2 aromatic rings. The second-order valence-electron chi connectivity index (χ2n) is 4.22. The third-order valence-electron chi connectivity index (χ3n) is 2.64. The molecule has 18 heavy (non-hydrogen) atoms. The van der Waals surface area contributed by atoms with Gasteiger partial charge in [0.05, 0.1) is 12.7 Å². The van der Waals surface area contributed by atoms with Crippen molar-refractivity contribution in [2.45, 2.75) is 26.0 Å². The van der Waals surface area contributed by atoms with E-state index in [9.17, 15) is 0 Å². The highest BCUT2D eigenvalue weighted by Gasteiger charge is 2.02. The molecule has 1 unspecified atom stereocenters. The summed E-state index contributed by atoms with van der Waals surface area (Å²) in [7, 11) is 0. The first-order chi connectivity index (χ1) is 8.84. The fourth-order valence-electron chi connectivity index (χ4n) is 1.69. The van der Waals surface area contributed by atoms with Crippen LogP contribution in [0.25, 0.3) is 0 Å². The van der Waals surface area contributed by atoms with E-state index >= 15 is 0 Å². The van der Waals surface area contributed by atoms with Crippen LogP contribution in [-0.4, -0.2) is 19.3 Å². The molecule has 4 heteroatoms. The SMILES string of the molecule is CC(CNCc1cccs1)OCCc1cccs1. The second-order valence-corrected chi connectivity index (χ2v) is 6.29.